The third-order valence-corrected chi connectivity index (χ3v) is 8.13. The number of aliphatic carboxylic acids is 1. The summed E-state index contributed by atoms with van der Waals surface area (Å²) in [4.78, 5) is 32.6. The number of benzene rings is 2. The quantitative estimate of drug-likeness (QED) is 0.277. The molecule has 2 aromatic carbocycles. The fourth-order valence-corrected chi connectivity index (χ4v) is 5.68. The highest BCUT2D eigenvalue weighted by molar-refractivity contribution is 6.32. The topological polar surface area (TPSA) is 110 Å². The van der Waals surface area contributed by atoms with E-state index in [1.807, 2.05) is 51.4 Å². The molecule has 2 heterocycles. The predicted octanol–water partition coefficient (Wildman–Crippen LogP) is 5.95. The van der Waals surface area contributed by atoms with E-state index in [9.17, 15) is 14.7 Å². The lowest BCUT2D eigenvalue weighted by atomic mass is 9.81. The molecule has 10 heteroatoms. The molecule has 1 aromatic heterocycles. The van der Waals surface area contributed by atoms with Gasteiger partial charge in [0.1, 0.15) is 17.0 Å². The number of nitrogens with one attached hydrogen (secondary N) is 1. The summed E-state index contributed by atoms with van der Waals surface area (Å²) in [5.41, 5.74) is 2.65. The van der Waals surface area contributed by atoms with Gasteiger partial charge in [-0.25, -0.2) is 9.78 Å². The number of carboxylic acid groups (broad SMARTS) is 1. The molecule has 0 radical (unpaired) electrons. The lowest BCUT2D eigenvalue weighted by molar-refractivity contribution is -0.145. The van der Waals surface area contributed by atoms with E-state index in [0.29, 0.717) is 53.0 Å². The van der Waals surface area contributed by atoms with Crippen LogP contribution in [0.2, 0.25) is 5.02 Å². The van der Waals surface area contributed by atoms with E-state index in [2.05, 4.69) is 10.2 Å². The molecule has 0 unspecified atom stereocenters. The summed E-state index contributed by atoms with van der Waals surface area (Å²) < 4.78 is 17.2. The normalized spacial score (nSPS) is 15.5. The van der Waals surface area contributed by atoms with Gasteiger partial charge in [0.05, 0.1) is 17.3 Å². The Morgan fingerprint density at radius 1 is 1.05 bits per heavy atom. The Balaban J connectivity index is 1.55. The van der Waals surface area contributed by atoms with Crippen molar-refractivity contribution in [2.45, 2.75) is 51.0 Å². The first kappa shape index (κ1) is 29.7. The Labute approximate surface area is 250 Å². The third-order valence-electron chi connectivity index (χ3n) is 7.82. The molecule has 42 heavy (non-hydrogen) atoms. The van der Waals surface area contributed by atoms with Crippen LogP contribution in [0, 0.1) is 6.92 Å². The van der Waals surface area contributed by atoms with Crippen LogP contribution in [0.25, 0.3) is 22.4 Å². The van der Waals surface area contributed by atoms with Gasteiger partial charge in [-0.15, -0.1) is 0 Å². The molecule has 0 atom stereocenters. The Morgan fingerprint density at radius 2 is 1.79 bits per heavy atom. The van der Waals surface area contributed by atoms with E-state index in [1.54, 1.807) is 12.1 Å². The van der Waals surface area contributed by atoms with Crippen molar-refractivity contribution < 1.29 is 28.9 Å². The molecule has 222 valence electrons. The number of fused-ring (bicyclic) bond motifs is 1. The second kappa shape index (κ2) is 12.6. The summed E-state index contributed by atoms with van der Waals surface area (Å²) >= 11 is 6.50. The van der Waals surface area contributed by atoms with Gasteiger partial charge in [-0.05, 0) is 87.8 Å². The molecule has 5 rings (SSSR count). The number of carbonyl (C=O) groups is 2. The number of hydrogen-bond acceptors (Lipinski definition) is 7. The van der Waals surface area contributed by atoms with Crippen LogP contribution in [0.15, 0.2) is 42.5 Å². The number of pyridine rings is 1. The number of aromatic nitrogens is 1. The molecule has 1 amide bonds. The second-order valence-electron chi connectivity index (χ2n) is 11.2. The van der Waals surface area contributed by atoms with Crippen molar-refractivity contribution in [1.29, 1.82) is 0 Å². The zero-order chi connectivity index (χ0) is 29.9. The summed E-state index contributed by atoms with van der Waals surface area (Å²) in [5.74, 6) is 0.281. The lowest BCUT2D eigenvalue weighted by Gasteiger charge is -2.33. The number of carboxylic acids is 1. The zero-order valence-corrected chi connectivity index (χ0v) is 24.9. The molecule has 1 aliphatic heterocycles. The molecule has 9 nitrogen and oxygen atoms in total. The lowest BCUT2D eigenvalue weighted by Crippen LogP contribution is -2.55. The van der Waals surface area contributed by atoms with E-state index in [-0.39, 0.29) is 12.5 Å². The molecule has 2 aliphatic rings. The van der Waals surface area contributed by atoms with Crippen LogP contribution in [0.1, 0.15) is 54.6 Å². The standard InChI is InChI=1S/C32H36ClN3O6/c1-20-16-27-28(42-19-41-27)18-23(20)22-9-11-25(30(37)35-32(31(38)39)12-5-4-6-13-32)34-29(22)21-8-10-24(33)26(17-21)40-15-7-14-36(2)3/h8-11,16-18H,4-7,12-15,19H2,1-3H3,(H,35,37)(H,38,39). The van der Waals surface area contributed by atoms with Crippen LogP contribution in [0.3, 0.4) is 0 Å². The van der Waals surface area contributed by atoms with E-state index in [0.717, 1.165) is 48.9 Å². The van der Waals surface area contributed by atoms with E-state index in [1.165, 1.54) is 0 Å². The molecule has 0 spiro atoms. The van der Waals surface area contributed by atoms with Gasteiger partial charge in [-0.3, -0.25) is 4.79 Å². The van der Waals surface area contributed by atoms with Crippen LogP contribution >= 0.6 is 11.6 Å². The molecule has 0 bridgehead atoms. The monoisotopic (exact) mass is 593 g/mol. The zero-order valence-electron chi connectivity index (χ0n) is 24.2. The van der Waals surface area contributed by atoms with Gasteiger partial charge in [-0.2, -0.15) is 0 Å². The molecule has 1 saturated carbocycles. The maximum Gasteiger partial charge on any atom is 0.329 e. The Kier molecular flexibility index (Phi) is 8.89. The van der Waals surface area contributed by atoms with Gasteiger partial charge in [0.15, 0.2) is 11.5 Å². The largest absolute Gasteiger partial charge is 0.492 e. The fourth-order valence-electron chi connectivity index (χ4n) is 5.51. The first-order chi connectivity index (χ1) is 20.2. The number of amides is 1. The highest BCUT2D eigenvalue weighted by Crippen LogP contribution is 2.42. The van der Waals surface area contributed by atoms with Crippen molar-refractivity contribution in [3.8, 4) is 39.6 Å². The van der Waals surface area contributed by atoms with Crippen molar-refractivity contribution in [1.82, 2.24) is 15.2 Å². The minimum atomic E-state index is -1.29. The van der Waals surface area contributed by atoms with Gasteiger partial charge < -0.3 is 29.5 Å². The number of rotatable bonds is 10. The molecular formula is C32H36ClN3O6. The van der Waals surface area contributed by atoms with Gasteiger partial charge in [0, 0.05) is 17.7 Å². The van der Waals surface area contributed by atoms with Crippen molar-refractivity contribution in [3.63, 3.8) is 0 Å². The molecule has 1 fully saturated rings. The molecule has 1 aliphatic carbocycles. The van der Waals surface area contributed by atoms with Crippen LogP contribution in [-0.2, 0) is 4.79 Å². The summed E-state index contributed by atoms with van der Waals surface area (Å²) in [6.45, 7) is 3.49. The summed E-state index contributed by atoms with van der Waals surface area (Å²) in [7, 11) is 4.02. The van der Waals surface area contributed by atoms with Crippen LogP contribution < -0.4 is 19.5 Å². The highest BCUT2D eigenvalue weighted by atomic mass is 35.5. The highest BCUT2D eigenvalue weighted by Gasteiger charge is 2.41. The van der Waals surface area contributed by atoms with E-state index < -0.39 is 17.4 Å². The van der Waals surface area contributed by atoms with Crippen molar-refractivity contribution in [2.24, 2.45) is 0 Å². The number of carbonyl (C=O) groups excluding carboxylic acids is 1. The summed E-state index contributed by atoms with van der Waals surface area (Å²) in [6.07, 6.45) is 4.05. The Bertz CT molecular complexity index is 1490. The van der Waals surface area contributed by atoms with Gasteiger partial charge in [-0.1, -0.05) is 36.9 Å². The maximum atomic E-state index is 13.5. The molecule has 2 N–H and O–H groups in total. The average molecular weight is 594 g/mol. The Morgan fingerprint density at radius 3 is 2.50 bits per heavy atom. The fraction of sp³-hybridized carbons (Fsp3) is 0.406. The van der Waals surface area contributed by atoms with E-state index >= 15 is 0 Å². The molecule has 3 aromatic rings. The van der Waals surface area contributed by atoms with Crippen LogP contribution in [0.5, 0.6) is 17.2 Å². The Hall–Kier alpha value is -3.82. The minimum Gasteiger partial charge on any atom is -0.492 e. The van der Waals surface area contributed by atoms with Gasteiger partial charge in [0.25, 0.3) is 5.91 Å². The van der Waals surface area contributed by atoms with E-state index in [4.69, 9.17) is 30.8 Å². The van der Waals surface area contributed by atoms with Crippen molar-refractivity contribution >= 4 is 23.5 Å². The molecular weight excluding hydrogens is 558 g/mol. The van der Waals surface area contributed by atoms with Crippen molar-refractivity contribution in [2.75, 3.05) is 34.0 Å². The number of halogens is 1. The number of ether oxygens (including phenoxy) is 3. The maximum absolute atomic E-state index is 13.5. The van der Waals surface area contributed by atoms with Crippen LogP contribution in [-0.4, -0.2) is 66.4 Å². The number of nitrogens with zero attached hydrogens (tertiary/aromatic N) is 2. The number of aryl methyl sites for hydroxylation is 1. The average Bonchev–Trinajstić information content (AvgIpc) is 3.43. The first-order valence-electron chi connectivity index (χ1n) is 14.2. The summed E-state index contributed by atoms with van der Waals surface area (Å²) in [5, 5.41) is 13.3. The second-order valence-corrected chi connectivity index (χ2v) is 11.6. The number of hydrogen-bond donors (Lipinski definition) is 2. The van der Waals surface area contributed by atoms with Gasteiger partial charge in [0.2, 0.25) is 6.79 Å². The van der Waals surface area contributed by atoms with Gasteiger partial charge >= 0.3 is 5.97 Å². The van der Waals surface area contributed by atoms with Crippen LogP contribution in [0.4, 0.5) is 0 Å². The predicted molar refractivity (Wildman–Crippen MR) is 161 cm³/mol. The van der Waals surface area contributed by atoms with Crippen molar-refractivity contribution in [3.05, 3.63) is 58.7 Å². The minimum absolute atomic E-state index is 0.127. The SMILES string of the molecule is Cc1cc2c(cc1-c1ccc(C(=O)NC3(C(=O)O)CCCCC3)nc1-c1ccc(Cl)c(OCCCN(C)C)c1)OCO2. The smallest absolute Gasteiger partial charge is 0.329 e. The molecule has 0 saturated heterocycles. The summed E-state index contributed by atoms with van der Waals surface area (Å²) in [6, 6.07) is 12.7. The first-order valence-corrected chi connectivity index (χ1v) is 14.6. The third kappa shape index (κ3) is 6.32.